The molecule has 0 aromatic rings. The lowest BCUT2D eigenvalue weighted by Crippen LogP contribution is -2.59. The summed E-state index contributed by atoms with van der Waals surface area (Å²) in [6.07, 6.45) is -0.847. The van der Waals surface area contributed by atoms with E-state index in [1.54, 1.807) is 13.8 Å². The summed E-state index contributed by atoms with van der Waals surface area (Å²) in [5, 5.41) is 27.7. The van der Waals surface area contributed by atoms with Gasteiger partial charge in [0.1, 0.15) is 24.7 Å². The summed E-state index contributed by atoms with van der Waals surface area (Å²) >= 11 is 0. The van der Waals surface area contributed by atoms with Crippen LogP contribution < -0.4 is 32.1 Å². The molecule has 1 fully saturated rings. The van der Waals surface area contributed by atoms with Crippen molar-refractivity contribution in [3.63, 3.8) is 0 Å². The molecule has 0 unspecified atom stereocenters. The zero-order valence-electron chi connectivity index (χ0n) is 20.1. The first kappa shape index (κ1) is 30.5. The van der Waals surface area contributed by atoms with E-state index in [1.807, 2.05) is 0 Å². The van der Waals surface area contributed by atoms with Gasteiger partial charge in [-0.15, -0.1) is 0 Å². The molecule has 0 spiro atoms. The minimum absolute atomic E-state index is 0.0482. The third-order valence-electron chi connectivity index (χ3n) is 4.80. The molecule has 0 radical (unpaired) electrons. The fourth-order valence-electron chi connectivity index (χ4n) is 2.88. The molecule has 16 nitrogen and oxygen atoms in total. The molecule has 16 heteroatoms. The zero-order chi connectivity index (χ0) is 27.1. The van der Waals surface area contributed by atoms with Crippen molar-refractivity contribution in [1.82, 2.24) is 32.1 Å². The number of ether oxygens (including phenoxy) is 2. The highest BCUT2D eigenvalue weighted by Gasteiger charge is 2.28. The minimum Gasteiger partial charge on any atom is -0.481 e. The van der Waals surface area contributed by atoms with Gasteiger partial charge in [-0.25, -0.2) is 4.79 Å². The van der Waals surface area contributed by atoms with Gasteiger partial charge in [-0.1, -0.05) is 13.8 Å². The topological polar surface area (TPSA) is 234 Å². The Balaban J connectivity index is 3.00. The Kier molecular flexibility index (Phi) is 13.8. The Labute approximate surface area is 207 Å². The Hall–Kier alpha value is -3.50. The SMILES string of the molecule is CC(C)[C@@H]1NC(=O)COCCOCCNC(=O)[C@H](CO)NC(=O)N[C@@H](CCC(=O)O)C(=O)NNC1=O. The highest BCUT2D eigenvalue weighted by Crippen LogP contribution is 2.02. The lowest BCUT2D eigenvalue weighted by Gasteiger charge is -2.23. The highest BCUT2D eigenvalue weighted by atomic mass is 16.5. The maximum Gasteiger partial charge on any atom is 0.316 e. The van der Waals surface area contributed by atoms with Gasteiger partial charge in [-0.05, 0) is 12.3 Å². The summed E-state index contributed by atoms with van der Waals surface area (Å²) in [6, 6.07) is -4.86. The van der Waals surface area contributed by atoms with Gasteiger partial charge in [-0.3, -0.25) is 34.8 Å². The number of nitrogens with one attached hydrogen (secondary N) is 6. The van der Waals surface area contributed by atoms with Gasteiger partial charge >= 0.3 is 12.0 Å². The van der Waals surface area contributed by atoms with Gasteiger partial charge in [0.25, 0.3) is 11.8 Å². The predicted molar refractivity (Wildman–Crippen MR) is 121 cm³/mol. The average Bonchev–Trinajstić information content (AvgIpc) is 2.82. The summed E-state index contributed by atoms with van der Waals surface area (Å²) in [5.74, 6) is -4.64. The number of carbonyl (C=O) groups is 6. The van der Waals surface area contributed by atoms with Crippen LogP contribution in [-0.4, -0.2) is 104 Å². The number of hydrogen-bond acceptors (Lipinski definition) is 9. The van der Waals surface area contributed by atoms with E-state index in [0.717, 1.165) is 0 Å². The maximum absolute atomic E-state index is 12.6. The number of rotatable bonds is 5. The number of hydrazine groups is 1. The number of urea groups is 1. The number of aliphatic carboxylic acids is 1. The second kappa shape index (κ2) is 16.2. The van der Waals surface area contributed by atoms with Gasteiger partial charge in [0.05, 0.1) is 26.4 Å². The molecule has 0 aromatic carbocycles. The Morgan fingerprint density at radius 1 is 0.917 bits per heavy atom. The normalized spacial score (nSPS) is 24.2. The number of aliphatic hydroxyl groups is 1. The molecule has 8 N–H and O–H groups in total. The van der Waals surface area contributed by atoms with Crippen molar-refractivity contribution in [2.24, 2.45) is 5.92 Å². The number of amides is 6. The lowest BCUT2D eigenvalue weighted by atomic mass is 10.0. The number of carboxylic acid groups (broad SMARTS) is 1. The lowest BCUT2D eigenvalue weighted by molar-refractivity contribution is -0.137. The van der Waals surface area contributed by atoms with Crippen LogP contribution in [0.5, 0.6) is 0 Å². The Morgan fingerprint density at radius 3 is 2.19 bits per heavy atom. The molecule has 36 heavy (non-hydrogen) atoms. The molecule has 1 aliphatic heterocycles. The van der Waals surface area contributed by atoms with Gasteiger partial charge in [0.15, 0.2) is 0 Å². The van der Waals surface area contributed by atoms with Crippen molar-refractivity contribution in [3.05, 3.63) is 0 Å². The van der Waals surface area contributed by atoms with E-state index in [9.17, 15) is 33.9 Å². The van der Waals surface area contributed by atoms with E-state index in [-0.39, 0.29) is 45.3 Å². The fraction of sp³-hybridized carbons (Fsp3) is 0.700. The van der Waals surface area contributed by atoms with Crippen molar-refractivity contribution in [2.75, 3.05) is 39.6 Å². The van der Waals surface area contributed by atoms with Crippen LogP contribution in [0.15, 0.2) is 0 Å². The summed E-state index contributed by atoms with van der Waals surface area (Å²) in [7, 11) is 0. The first-order chi connectivity index (χ1) is 17.0. The predicted octanol–water partition coefficient (Wildman–Crippen LogP) is -3.67. The van der Waals surface area contributed by atoms with Crippen molar-refractivity contribution >= 4 is 35.6 Å². The monoisotopic (exact) mass is 518 g/mol. The van der Waals surface area contributed by atoms with E-state index in [4.69, 9.17) is 14.6 Å². The number of aliphatic hydroxyl groups excluding tert-OH is 1. The quantitative estimate of drug-likeness (QED) is 0.178. The van der Waals surface area contributed by atoms with Crippen LogP contribution in [0.3, 0.4) is 0 Å². The van der Waals surface area contributed by atoms with E-state index in [1.165, 1.54) is 0 Å². The van der Waals surface area contributed by atoms with Crippen molar-refractivity contribution in [1.29, 1.82) is 0 Å². The molecule has 1 heterocycles. The van der Waals surface area contributed by atoms with Crippen LogP contribution in [0.4, 0.5) is 4.79 Å². The summed E-state index contributed by atoms with van der Waals surface area (Å²) in [5.41, 5.74) is 4.23. The van der Waals surface area contributed by atoms with Crippen LogP contribution in [-0.2, 0) is 33.4 Å². The molecule has 204 valence electrons. The third kappa shape index (κ3) is 11.8. The molecule has 3 atom stereocenters. The largest absolute Gasteiger partial charge is 0.481 e. The van der Waals surface area contributed by atoms with E-state index in [0.29, 0.717) is 0 Å². The molecule has 0 aromatic heterocycles. The van der Waals surface area contributed by atoms with Crippen LogP contribution in [0.25, 0.3) is 0 Å². The molecule has 1 aliphatic rings. The fourth-order valence-corrected chi connectivity index (χ4v) is 2.88. The third-order valence-corrected chi connectivity index (χ3v) is 4.80. The second-order valence-electron chi connectivity index (χ2n) is 8.06. The standard InChI is InChI=1S/C20H34N6O10/c1-11(2)16-19(33)26-25-18(32)12(3-4-15(29)30)22-20(34)23-13(9-27)17(31)21-5-6-35-7-8-36-10-14(28)24-16/h11-13,16,27H,3-10H2,1-2H3,(H,21,31)(H,24,28)(H,25,32)(H,26,33)(H,29,30)(H2,22,23,34)/t12-,13-,16-/m0/s1. The van der Waals surface area contributed by atoms with Gasteiger partial charge in [0.2, 0.25) is 11.8 Å². The molecule has 6 amide bonds. The van der Waals surface area contributed by atoms with Crippen LogP contribution in [0.1, 0.15) is 26.7 Å². The Bertz CT molecular complexity index is 793. The molecule has 0 saturated carbocycles. The average molecular weight is 519 g/mol. The molecule has 1 rings (SSSR count). The van der Waals surface area contributed by atoms with Gasteiger partial charge in [-0.2, -0.15) is 0 Å². The highest BCUT2D eigenvalue weighted by molar-refractivity contribution is 5.93. The smallest absolute Gasteiger partial charge is 0.316 e. The molecule has 1 saturated heterocycles. The van der Waals surface area contributed by atoms with E-state index < -0.39 is 66.8 Å². The maximum atomic E-state index is 12.6. The summed E-state index contributed by atoms with van der Waals surface area (Å²) in [4.78, 5) is 72.7. The number of carboxylic acids is 1. The van der Waals surface area contributed by atoms with Gasteiger partial charge < -0.3 is 41.0 Å². The van der Waals surface area contributed by atoms with E-state index in [2.05, 4.69) is 32.1 Å². The van der Waals surface area contributed by atoms with Crippen LogP contribution in [0, 0.1) is 5.92 Å². The van der Waals surface area contributed by atoms with Gasteiger partial charge in [0, 0.05) is 13.0 Å². The number of carbonyl (C=O) groups excluding carboxylic acids is 5. The minimum atomic E-state index is -1.42. The first-order valence-corrected chi connectivity index (χ1v) is 11.3. The Morgan fingerprint density at radius 2 is 1.56 bits per heavy atom. The van der Waals surface area contributed by atoms with Crippen molar-refractivity contribution in [3.8, 4) is 0 Å². The first-order valence-electron chi connectivity index (χ1n) is 11.3. The zero-order valence-corrected chi connectivity index (χ0v) is 20.1. The summed E-state index contributed by atoms with van der Waals surface area (Å²) in [6.45, 7) is 2.53. The van der Waals surface area contributed by atoms with Crippen LogP contribution in [0.2, 0.25) is 0 Å². The van der Waals surface area contributed by atoms with Crippen molar-refractivity contribution < 1.29 is 48.5 Å². The molecular weight excluding hydrogens is 484 g/mol. The molecule has 0 aliphatic carbocycles. The second-order valence-corrected chi connectivity index (χ2v) is 8.06. The number of hydrogen-bond donors (Lipinski definition) is 8. The molecular formula is C20H34N6O10. The van der Waals surface area contributed by atoms with Crippen molar-refractivity contribution in [2.45, 2.75) is 44.8 Å². The summed E-state index contributed by atoms with van der Waals surface area (Å²) < 4.78 is 10.5. The molecule has 0 bridgehead atoms. The van der Waals surface area contributed by atoms with E-state index >= 15 is 0 Å². The van der Waals surface area contributed by atoms with Crippen LogP contribution >= 0.6 is 0 Å².